The summed E-state index contributed by atoms with van der Waals surface area (Å²) in [4.78, 5) is 9.50. The maximum absolute atomic E-state index is 6.25. The van der Waals surface area contributed by atoms with Gasteiger partial charge in [-0.1, -0.05) is 27.5 Å². The van der Waals surface area contributed by atoms with Crippen molar-refractivity contribution in [2.75, 3.05) is 7.11 Å². The molecule has 0 amide bonds. The highest BCUT2D eigenvalue weighted by Gasteiger charge is 2.16. The molecule has 2 rings (SSSR count). The highest BCUT2D eigenvalue weighted by Crippen LogP contribution is 2.38. The van der Waals surface area contributed by atoms with E-state index in [0.29, 0.717) is 5.88 Å². The van der Waals surface area contributed by atoms with Crippen molar-refractivity contribution in [2.24, 2.45) is 0 Å². The molecule has 2 heterocycles. The van der Waals surface area contributed by atoms with E-state index >= 15 is 0 Å². The van der Waals surface area contributed by atoms with Crippen LogP contribution in [0.15, 0.2) is 17.8 Å². The topological polar surface area (TPSA) is 35.0 Å². The quantitative estimate of drug-likeness (QED) is 0.778. The van der Waals surface area contributed by atoms with E-state index in [2.05, 4.69) is 31.3 Å². The number of aromatic nitrogens is 2. The van der Waals surface area contributed by atoms with Crippen LogP contribution in [0.2, 0.25) is 5.02 Å². The highest BCUT2D eigenvalue weighted by molar-refractivity contribution is 9.09. The van der Waals surface area contributed by atoms with Gasteiger partial charge in [-0.2, -0.15) is 0 Å². The monoisotopic (exact) mass is 346 g/mol. The Morgan fingerprint density at radius 2 is 2.28 bits per heavy atom. The van der Waals surface area contributed by atoms with Gasteiger partial charge in [-0.15, -0.1) is 11.3 Å². The van der Waals surface area contributed by atoms with E-state index in [0.717, 1.165) is 27.6 Å². The van der Waals surface area contributed by atoms with Gasteiger partial charge in [0.1, 0.15) is 6.33 Å². The van der Waals surface area contributed by atoms with Crippen LogP contribution in [0.5, 0.6) is 5.88 Å². The van der Waals surface area contributed by atoms with Gasteiger partial charge in [0.05, 0.1) is 17.0 Å². The molecule has 18 heavy (non-hydrogen) atoms. The zero-order chi connectivity index (χ0) is 13.1. The standard InChI is InChI=1S/C12H12BrClN2OS/c1-7-5-18-12(11(7)14)9(13)3-8-4-10(17-2)16-6-15-8/h4-6,9H,3H2,1-2H3. The van der Waals surface area contributed by atoms with Crippen LogP contribution >= 0.6 is 38.9 Å². The minimum Gasteiger partial charge on any atom is -0.481 e. The second kappa shape index (κ2) is 5.99. The van der Waals surface area contributed by atoms with Gasteiger partial charge in [0.15, 0.2) is 0 Å². The number of hydrogen-bond donors (Lipinski definition) is 0. The van der Waals surface area contributed by atoms with Crippen molar-refractivity contribution in [1.82, 2.24) is 9.97 Å². The zero-order valence-corrected chi connectivity index (χ0v) is 13.1. The molecule has 0 fully saturated rings. The number of nitrogens with zero attached hydrogens (tertiary/aromatic N) is 2. The highest BCUT2D eigenvalue weighted by atomic mass is 79.9. The molecule has 0 aliphatic carbocycles. The Morgan fingerprint density at radius 3 is 2.89 bits per heavy atom. The maximum atomic E-state index is 6.25. The lowest BCUT2D eigenvalue weighted by Gasteiger charge is -2.08. The number of rotatable bonds is 4. The average molecular weight is 348 g/mol. The number of aryl methyl sites for hydroxylation is 1. The third-order valence-corrected chi connectivity index (χ3v) is 5.42. The Bertz CT molecular complexity index is 547. The number of ether oxygens (including phenoxy) is 1. The number of alkyl halides is 1. The molecule has 2 aromatic rings. The fraction of sp³-hybridized carbons (Fsp3) is 0.333. The maximum Gasteiger partial charge on any atom is 0.216 e. The van der Waals surface area contributed by atoms with E-state index in [1.165, 1.54) is 6.33 Å². The Hall–Kier alpha value is -0.650. The molecule has 0 bridgehead atoms. The molecular formula is C12H12BrClN2OS. The molecule has 0 aromatic carbocycles. The van der Waals surface area contributed by atoms with E-state index in [-0.39, 0.29) is 4.83 Å². The smallest absolute Gasteiger partial charge is 0.216 e. The molecular weight excluding hydrogens is 336 g/mol. The number of hydrogen-bond acceptors (Lipinski definition) is 4. The van der Waals surface area contributed by atoms with Gasteiger partial charge in [-0.25, -0.2) is 9.97 Å². The Labute approximate surface area is 123 Å². The summed E-state index contributed by atoms with van der Waals surface area (Å²) < 4.78 is 5.08. The predicted molar refractivity (Wildman–Crippen MR) is 78.0 cm³/mol. The van der Waals surface area contributed by atoms with E-state index in [4.69, 9.17) is 16.3 Å². The van der Waals surface area contributed by atoms with Crippen molar-refractivity contribution in [3.05, 3.63) is 38.9 Å². The second-order valence-electron chi connectivity index (χ2n) is 3.82. The summed E-state index contributed by atoms with van der Waals surface area (Å²) in [5.41, 5.74) is 2.03. The van der Waals surface area contributed by atoms with E-state index in [1.807, 2.05) is 13.0 Å². The third kappa shape index (κ3) is 3.02. The summed E-state index contributed by atoms with van der Waals surface area (Å²) in [6.07, 6.45) is 2.26. The fourth-order valence-corrected chi connectivity index (χ4v) is 3.86. The molecule has 0 aliphatic heterocycles. The van der Waals surface area contributed by atoms with Crippen molar-refractivity contribution < 1.29 is 4.74 Å². The fourth-order valence-electron chi connectivity index (χ4n) is 1.54. The van der Waals surface area contributed by atoms with Crippen molar-refractivity contribution in [2.45, 2.75) is 18.2 Å². The lowest BCUT2D eigenvalue weighted by atomic mass is 10.2. The summed E-state index contributed by atoms with van der Waals surface area (Å²) >= 11 is 11.6. The lowest BCUT2D eigenvalue weighted by Crippen LogP contribution is -1.98. The number of thiophene rings is 1. The van der Waals surface area contributed by atoms with Crippen molar-refractivity contribution in [1.29, 1.82) is 0 Å². The normalized spacial score (nSPS) is 12.4. The van der Waals surface area contributed by atoms with Crippen molar-refractivity contribution in [3.8, 4) is 5.88 Å². The summed E-state index contributed by atoms with van der Waals surface area (Å²) in [6, 6.07) is 1.84. The molecule has 3 nitrogen and oxygen atoms in total. The second-order valence-corrected chi connectivity index (χ2v) is 6.21. The van der Waals surface area contributed by atoms with Gasteiger partial charge in [0, 0.05) is 23.1 Å². The molecule has 1 atom stereocenters. The largest absolute Gasteiger partial charge is 0.481 e. The van der Waals surface area contributed by atoms with Crippen LogP contribution in [0.25, 0.3) is 0 Å². The minimum atomic E-state index is 0.156. The van der Waals surface area contributed by atoms with Crippen molar-refractivity contribution in [3.63, 3.8) is 0 Å². The van der Waals surface area contributed by atoms with E-state index in [1.54, 1.807) is 18.4 Å². The molecule has 96 valence electrons. The van der Waals surface area contributed by atoms with Gasteiger partial charge in [-0.05, 0) is 17.9 Å². The van der Waals surface area contributed by atoms with Gasteiger partial charge in [0.25, 0.3) is 0 Å². The molecule has 0 radical (unpaired) electrons. The molecule has 0 saturated heterocycles. The summed E-state index contributed by atoms with van der Waals surface area (Å²) in [5, 5.41) is 2.90. The lowest BCUT2D eigenvalue weighted by molar-refractivity contribution is 0.396. The number of halogens is 2. The first-order chi connectivity index (χ1) is 8.61. The first-order valence-electron chi connectivity index (χ1n) is 5.34. The summed E-state index contributed by atoms with van der Waals surface area (Å²) in [6.45, 7) is 2.01. The molecule has 2 aromatic heterocycles. The molecule has 0 saturated carbocycles. The first kappa shape index (κ1) is 13.8. The van der Waals surface area contributed by atoms with Crippen LogP contribution in [0.1, 0.15) is 21.0 Å². The van der Waals surface area contributed by atoms with Gasteiger partial charge in [0.2, 0.25) is 5.88 Å². The Morgan fingerprint density at radius 1 is 1.50 bits per heavy atom. The van der Waals surface area contributed by atoms with Crippen LogP contribution < -0.4 is 4.74 Å². The van der Waals surface area contributed by atoms with E-state index < -0.39 is 0 Å². The van der Waals surface area contributed by atoms with Crippen LogP contribution in [0.4, 0.5) is 0 Å². The average Bonchev–Trinajstić information content (AvgIpc) is 2.70. The molecule has 0 aliphatic rings. The third-order valence-electron chi connectivity index (χ3n) is 2.51. The Kier molecular flexibility index (Phi) is 4.59. The van der Waals surface area contributed by atoms with Gasteiger partial charge < -0.3 is 4.74 Å². The van der Waals surface area contributed by atoms with Crippen molar-refractivity contribution >= 4 is 38.9 Å². The van der Waals surface area contributed by atoms with Crippen LogP contribution in [-0.2, 0) is 6.42 Å². The van der Waals surface area contributed by atoms with Crippen LogP contribution in [-0.4, -0.2) is 17.1 Å². The molecule has 0 N–H and O–H groups in total. The SMILES string of the molecule is COc1cc(CC(Br)c2scc(C)c2Cl)ncn1. The van der Waals surface area contributed by atoms with Gasteiger partial charge >= 0.3 is 0 Å². The molecule has 0 spiro atoms. The molecule has 1 unspecified atom stereocenters. The summed E-state index contributed by atoms with van der Waals surface area (Å²) in [7, 11) is 1.59. The van der Waals surface area contributed by atoms with Crippen LogP contribution in [0, 0.1) is 6.92 Å². The summed E-state index contributed by atoms with van der Waals surface area (Å²) in [5.74, 6) is 0.577. The predicted octanol–water partition coefficient (Wildman–Crippen LogP) is 4.19. The van der Waals surface area contributed by atoms with E-state index in [9.17, 15) is 0 Å². The minimum absolute atomic E-state index is 0.156. The Balaban J connectivity index is 2.15. The molecule has 6 heteroatoms. The number of methoxy groups -OCH3 is 1. The first-order valence-corrected chi connectivity index (χ1v) is 7.51. The van der Waals surface area contributed by atoms with Crippen LogP contribution in [0.3, 0.4) is 0 Å². The zero-order valence-electron chi connectivity index (χ0n) is 9.98. The van der Waals surface area contributed by atoms with Gasteiger partial charge in [-0.3, -0.25) is 0 Å².